The molecule has 0 aromatic heterocycles. The van der Waals surface area contributed by atoms with Gasteiger partial charge in [-0.2, -0.15) is 0 Å². The van der Waals surface area contributed by atoms with Crippen LogP contribution in [-0.4, -0.2) is 53.4 Å². The number of nitrogens with zero attached hydrogens (tertiary/aromatic N) is 1. The van der Waals surface area contributed by atoms with E-state index in [1.165, 1.54) is 11.9 Å². The van der Waals surface area contributed by atoms with Crippen molar-refractivity contribution in [3.8, 4) is 0 Å². The first-order valence-electron chi connectivity index (χ1n) is 5.23. The number of hydrogen-bond donors (Lipinski definition) is 3. The lowest BCUT2D eigenvalue weighted by atomic mass is 10.0. The van der Waals surface area contributed by atoms with Crippen molar-refractivity contribution in [2.24, 2.45) is 5.92 Å². The highest BCUT2D eigenvalue weighted by Gasteiger charge is 2.22. The van der Waals surface area contributed by atoms with E-state index in [9.17, 15) is 9.59 Å². The second-order valence-corrected chi connectivity index (χ2v) is 4.12. The summed E-state index contributed by atoms with van der Waals surface area (Å²) < 4.78 is 0. The number of likely N-dealkylation sites (N-methyl/N-ethyl adjacent to an activating group) is 1. The van der Waals surface area contributed by atoms with Crippen molar-refractivity contribution in [3.63, 3.8) is 0 Å². The smallest absolute Gasteiger partial charge is 0.326 e. The lowest BCUT2D eigenvalue weighted by Crippen LogP contribution is -2.47. The minimum absolute atomic E-state index is 0.147. The number of carbonyl (C=O) groups excluding carboxylic acids is 1. The number of carboxylic acids is 1. The molecule has 1 unspecified atom stereocenters. The van der Waals surface area contributed by atoms with E-state index < -0.39 is 18.0 Å². The van der Waals surface area contributed by atoms with Gasteiger partial charge in [0.15, 0.2) is 0 Å². The molecule has 0 aliphatic heterocycles. The van der Waals surface area contributed by atoms with Crippen molar-refractivity contribution < 1.29 is 19.8 Å². The number of aliphatic carboxylic acids is 1. The first kappa shape index (κ1) is 14.7. The van der Waals surface area contributed by atoms with Crippen molar-refractivity contribution in [2.45, 2.75) is 26.3 Å². The van der Waals surface area contributed by atoms with Gasteiger partial charge in [0.25, 0.3) is 0 Å². The van der Waals surface area contributed by atoms with Gasteiger partial charge < -0.3 is 20.4 Å². The van der Waals surface area contributed by atoms with Crippen LogP contribution in [0.4, 0.5) is 4.79 Å². The fourth-order valence-corrected chi connectivity index (χ4v) is 1.20. The molecule has 0 heterocycles. The number of aliphatic hydroxyl groups is 1. The Morgan fingerprint density at radius 2 is 1.94 bits per heavy atom. The summed E-state index contributed by atoms with van der Waals surface area (Å²) in [4.78, 5) is 23.6. The Labute approximate surface area is 95.2 Å². The zero-order chi connectivity index (χ0) is 12.7. The summed E-state index contributed by atoms with van der Waals surface area (Å²) in [6.07, 6.45) is 0.383. The Hall–Kier alpha value is -1.30. The van der Waals surface area contributed by atoms with Gasteiger partial charge in [0.2, 0.25) is 0 Å². The van der Waals surface area contributed by atoms with E-state index in [-0.39, 0.29) is 19.1 Å². The monoisotopic (exact) mass is 232 g/mol. The van der Waals surface area contributed by atoms with Crippen LogP contribution in [0, 0.1) is 5.92 Å². The molecule has 0 saturated carbocycles. The van der Waals surface area contributed by atoms with Crippen LogP contribution in [0.1, 0.15) is 20.3 Å². The molecule has 0 radical (unpaired) electrons. The summed E-state index contributed by atoms with van der Waals surface area (Å²) in [5, 5.41) is 19.9. The predicted molar refractivity (Wildman–Crippen MR) is 59.1 cm³/mol. The molecule has 0 aromatic rings. The molecule has 0 aromatic carbocycles. The number of urea groups is 1. The maximum atomic E-state index is 11.5. The first-order chi connectivity index (χ1) is 7.38. The van der Waals surface area contributed by atoms with Crippen molar-refractivity contribution in [1.82, 2.24) is 10.2 Å². The van der Waals surface area contributed by atoms with Crippen molar-refractivity contribution in [2.75, 3.05) is 20.2 Å². The molecule has 3 N–H and O–H groups in total. The van der Waals surface area contributed by atoms with Gasteiger partial charge in [0.05, 0.1) is 6.61 Å². The van der Waals surface area contributed by atoms with Gasteiger partial charge >= 0.3 is 12.0 Å². The van der Waals surface area contributed by atoms with Crippen LogP contribution in [0.15, 0.2) is 0 Å². The standard InChI is InChI=1S/C10H20N2O4/c1-7(2)6-8(9(14)15)11-10(16)12(3)4-5-13/h7-8,13H,4-6H2,1-3H3,(H,11,16)(H,14,15). The Balaban J connectivity index is 4.28. The molecule has 0 aliphatic carbocycles. The minimum Gasteiger partial charge on any atom is -0.480 e. The van der Waals surface area contributed by atoms with E-state index in [1.54, 1.807) is 0 Å². The quantitative estimate of drug-likeness (QED) is 0.606. The molecule has 0 fully saturated rings. The average Bonchev–Trinajstić information content (AvgIpc) is 2.16. The molecule has 0 rings (SSSR count). The highest BCUT2D eigenvalue weighted by atomic mass is 16.4. The number of rotatable bonds is 6. The molecular formula is C10H20N2O4. The van der Waals surface area contributed by atoms with Gasteiger partial charge in [-0.3, -0.25) is 0 Å². The molecule has 0 spiro atoms. The number of hydrogen-bond acceptors (Lipinski definition) is 3. The summed E-state index contributed by atoms with van der Waals surface area (Å²) in [6, 6.07) is -1.37. The highest BCUT2D eigenvalue weighted by Crippen LogP contribution is 2.05. The van der Waals surface area contributed by atoms with E-state index in [0.29, 0.717) is 6.42 Å². The first-order valence-corrected chi connectivity index (χ1v) is 5.23. The molecule has 0 saturated heterocycles. The highest BCUT2D eigenvalue weighted by molar-refractivity contribution is 5.82. The normalized spacial score (nSPS) is 12.3. The zero-order valence-corrected chi connectivity index (χ0v) is 9.93. The van der Waals surface area contributed by atoms with Crippen LogP contribution in [0.25, 0.3) is 0 Å². The summed E-state index contributed by atoms with van der Waals surface area (Å²) >= 11 is 0. The average molecular weight is 232 g/mol. The Morgan fingerprint density at radius 3 is 2.31 bits per heavy atom. The molecule has 16 heavy (non-hydrogen) atoms. The number of amides is 2. The summed E-state index contributed by atoms with van der Waals surface area (Å²) in [5.74, 6) is -0.857. The third-order valence-corrected chi connectivity index (χ3v) is 2.09. The van der Waals surface area contributed by atoms with E-state index in [0.717, 1.165) is 0 Å². The Bertz CT molecular complexity index is 243. The number of carboxylic acid groups (broad SMARTS) is 1. The van der Waals surface area contributed by atoms with E-state index >= 15 is 0 Å². The molecule has 6 nitrogen and oxygen atoms in total. The number of carbonyl (C=O) groups is 2. The van der Waals surface area contributed by atoms with Crippen LogP contribution in [0.2, 0.25) is 0 Å². The van der Waals surface area contributed by atoms with Crippen LogP contribution in [0.3, 0.4) is 0 Å². The Morgan fingerprint density at radius 1 is 1.38 bits per heavy atom. The van der Waals surface area contributed by atoms with Crippen molar-refractivity contribution >= 4 is 12.0 Å². The van der Waals surface area contributed by atoms with Crippen LogP contribution in [-0.2, 0) is 4.79 Å². The predicted octanol–water partition coefficient (Wildman–Crippen LogP) is 0.119. The van der Waals surface area contributed by atoms with E-state index in [4.69, 9.17) is 10.2 Å². The van der Waals surface area contributed by atoms with Gasteiger partial charge in [-0.25, -0.2) is 9.59 Å². The van der Waals surface area contributed by atoms with Crippen LogP contribution in [0.5, 0.6) is 0 Å². The fraction of sp³-hybridized carbons (Fsp3) is 0.800. The van der Waals surface area contributed by atoms with Gasteiger partial charge in [-0.05, 0) is 12.3 Å². The molecule has 2 amide bonds. The van der Waals surface area contributed by atoms with Gasteiger partial charge in [-0.15, -0.1) is 0 Å². The van der Waals surface area contributed by atoms with Crippen LogP contribution < -0.4 is 5.32 Å². The molecule has 1 atom stereocenters. The number of aliphatic hydroxyl groups excluding tert-OH is 1. The third kappa shape index (κ3) is 5.55. The summed E-state index contributed by atoms with van der Waals surface area (Å²) in [5.41, 5.74) is 0. The maximum Gasteiger partial charge on any atom is 0.326 e. The molecular weight excluding hydrogens is 212 g/mol. The SMILES string of the molecule is CC(C)CC(NC(=O)N(C)CCO)C(=O)O. The maximum absolute atomic E-state index is 11.5. The van der Waals surface area contributed by atoms with Crippen molar-refractivity contribution in [1.29, 1.82) is 0 Å². The fourth-order valence-electron chi connectivity index (χ4n) is 1.20. The van der Waals surface area contributed by atoms with Crippen molar-refractivity contribution in [3.05, 3.63) is 0 Å². The molecule has 6 heteroatoms. The third-order valence-electron chi connectivity index (χ3n) is 2.09. The molecule has 0 aliphatic rings. The molecule has 0 bridgehead atoms. The van der Waals surface area contributed by atoms with Gasteiger partial charge in [0, 0.05) is 13.6 Å². The second-order valence-electron chi connectivity index (χ2n) is 4.12. The van der Waals surface area contributed by atoms with E-state index in [1.807, 2.05) is 13.8 Å². The zero-order valence-electron chi connectivity index (χ0n) is 9.93. The lowest BCUT2D eigenvalue weighted by molar-refractivity contribution is -0.139. The Kier molecular flexibility index (Phi) is 6.48. The topological polar surface area (TPSA) is 89.9 Å². The van der Waals surface area contributed by atoms with E-state index in [2.05, 4.69) is 5.32 Å². The second kappa shape index (κ2) is 7.05. The van der Waals surface area contributed by atoms with Gasteiger partial charge in [0.1, 0.15) is 6.04 Å². The number of nitrogens with one attached hydrogen (secondary N) is 1. The largest absolute Gasteiger partial charge is 0.480 e. The summed E-state index contributed by atoms with van der Waals surface area (Å²) in [7, 11) is 1.50. The van der Waals surface area contributed by atoms with Gasteiger partial charge in [-0.1, -0.05) is 13.8 Å². The summed E-state index contributed by atoms with van der Waals surface area (Å²) in [6.45, 7) is 3.81. The lowest BCUT2D eigenvalue weighted by Gasteiger charge is -2.21. The minimum atomic E-state index is -1.04. The van der Waals surface area contributed by atoms with Crippen LogP contribution >= 0.6 is 0 Å². The molecule has 94 valence electrons.